The lowest BCUT2D eigenvalue weighted by Crippen LogP contribution is -2.34. The molecule has 0 aliphatic heterocycles. The molecule has 0 aliphatic rings. The molecule has 1 aromatic rings. The van der Waals surface area contributed by atoms with E-state index in [2.05, 4.69) is 25.9 Å². The Hall–Kier alpha value is -0.540. The predicted octanol–water partition coefficient (Wildman–Crippen LogP) is 2.55. The third-order valence-corrected chi connectivity index (χ3v) is 4.18. The smallest absolute Gasteiger partial charge is 0.130 e. The van der Waals surface area contributed by atoms with Crippen LogP contribution in [-0.2, 0) is 13.5 Å². The number of nitrogens with two attached hydrogens (primary N) is 1. The van der Waals surface area contributed by atoms with Crippen molar-refractivity contribution in [1.29, 1.82) is 0 Å². The van der Waals surface area contributed by atoms with Gasteiger partial charge in [-0.3, -0.25) is 4.68 Å². The normalized spacial score (nSPS) is 15.5. The lowest BCUT2D eigenvalue weighted by atomic mass is 9.74. The van der Waals surface area contributed by atoms with Crippen molar-refractivity contribution in [3.8, 4) is 0 Å². The summed E-state index contributed by atoms with van der Waals surface area (Å²) < 4.78 is 1.73. The van der Waals surface area contributed by atoms with E-state index < -0.39 is 0 Å². The summed E-state index contributed by atoms with van der Waals surface area (Å²) in [6.45, 7) is 9.27. The van der Waals surface area contributed by atoms with E-state index in [1.165, 1.54) is 0 Å². The molecule has 1 aromatic heterocycles. The summed E-state index contributed by atoms with van der Waals surface area (Å²) in [4.78, 5) is 0. The molecule has 92 valence electrons. The minimum Gasteiger partial charge on any atom is -0.330 e. The van der Waals surface area contributed by atoms with E-state index in [0.717, 1.165) is 22.8 Å². The van der Waals surface area contributed by atoms with Gasteiger partial charge in [-0.25, -0.2) is 0 Å². The molecule has 1 unspecified atom stereocenters. The van der Waals surface area contributed by atoms with Gasteiger partial charge in [0.25, 0.3) is 0 Å². The summed E-state index contributed by atoms with van der Waals surface area (Å²) in [6, 6.07) is 0. The standard InChI is InChI=1S/C12H22ClN3/c1-8(2)12(4,7-14)6-10-9(3)15-16(5)11(10)13/h8H,6-7,14H2,1-5H3. The maximum Gasteiger partial charge on any atom is 0.130 e. The zero-order valence-electron chi connectivity index (χ0n) is 10.8. The van der Waals surface area contributed by atoms with E-state index in [1.54, 1.807) is 4.68 Å². The first-order valence-corrected chi connectivity index (χ1v) is 6.07. The van der Waals surface area contributed by atoms with Crippen LogP contribution in [0.15, 0.2) is 0 Å². The van der Waals surface area contributed by atoms with Crippen molar-refractivity contribution in [1.82, 2.24) is 9.78 Å². The molecule has 0 radical (unpaired) electrons. The Labute approximate surface area is 103 Å². The average molecular weight is 244 g/mol. The van der Waals surface area contributed by atoms with E-state index in [0.29, 0.717) is 12.5 Å². The van der Waals surface area contributed by atoms with Gasteiger partial charge in [0.05, 0.1) is 5.69 Å². The highest BCUT2D eigenvalue weighted by Crippen LogP contribution is 2.33. The van der Waals surface area contributed by atoms with Crippen LogP contribution >= 0.6 is 11.6 Å². The van der Waals surface area contributed by atoms with Crippen molar-refractivity contribution in [2.24, 2.45) is 24.1 Å². The van der Waals surface area contributed by atoms with E-state index in [1.807, 2.05) is 14.0 Å². The fourth-order valence-corrected chi connectivity index (χ4v) is 2.03. The molecule has 0 fully saturated rings. The SMILES string of the molecule is Cc1nn(C)c(Cl)c1CC(C)(CN)C(C)C. The molecule has 1 atom stereocenters. The van der Waals surface area contributed by atoms with Gasteiger partial charge >= 0.3 is 0 Å². The van der Waals surface area contributed by atoms with Crippen LogP contribution in [0.1, 0.15) is 32.0 Å². The molecule has 3 nitrogen and oxygen atoms in total. The molecular formula is C12H22ClN3. The third-order valence-electron chi connectivity index (χ3n) is 3.71. The average Bonchev–Trinajstić information content (AvgIpc) is 2.44. The number of hydrogen-bond acceptors (Lipinski definition) is 2. The van der Waals surface area contributed by atoms with Gasteiger partial charge in [-0.2, -0.15) is 5.10 Å². The van der Waals surface area contributed by atoms with Crippen LogP contribution < -0.4 is 5.73 Å². The highest BCUT2D eigenvalue weighted by molar-refractivity contribution is 6.30. The fraction of sp³-hybridized carbons (Fsp3) is 0.750. The lowest BCUT2D eigenvalue weighted by Gasteiger charge is -2.32. The largest absolute Gasteiger partial charge is 0.330 e. The van der Waals surface area contributed by atoms with Crippen molar-refractivity contribution in [2.45, 2.75) is 34.1 Å². The predicted molar refractivity (Wildman–Crippen MR) is 68.7 cm³/mol. The molecule has 1 rings (SSSR count). The number of halogens is 1. The number of nitrogens with zero attached hydrogens (tertiary/aromatic N) is 2. The van der Waals surface area contributed by atoms with Crippen molar-refractivity contribution in [2.75, 3.05) is 6.54 Å². The first-order valence-electron chi connectivity index (χ1n) is 5.70. The molecule has 0 aliphatic carbocycles. The summed E-state index contributed by atoms with van der Waals surface area (Å²) in [5, 5.41) is 5.07. The Morgan fingerprint density at radius 3 is 2.38 bits per heavy atom. The fourth-order valence-electron chi connectivity index (χ4n) is 1.79. The van der Waals surface area contributed by atoms with Crippen LogP contribution in [-0.4, -0.2) is 16.3 Å². The second-order valence-electron chi connectivity index (χ2n) is 5.17. The van der Waals surface area contributed by atoms with E-state index >= 15 is 0 Å². The van der Waals surface area contributed by atoms with Crippen LogP contribution in [0.3, 0.4) is 0 Å². The van der Waals surface area contributed by atoms with Crippen molar-refractivity contribution < 1.29 is 0 Å². The van der Waals surface area contributed by atoms with Crippen LogP contribution in [0, 0.1) is 18.3 Å². The number of aryl methyl sites for hydroxylation is 2. The summed E-state index contributed by atoms with van der Waals surface area (Å²) in [7, 11) is 1.87. The molecular weight excluding hydrogens is 222 g/mol. The van der Waals surface area contributed by atoms with Crippen molar-refractivity contribution in [3.63, 3.8) is 0 Å². The Kier molecular flexibility index (Phi) is 4.02. The van der Waals surface area contributed by atoms with Gasteiger partial charge in [0.1, 0.15) is 5.15 Å². The molecule has 2 N–H and O–H groups in total. The van der Waals surface area contributed by atoms with Gasteiger partial charge in [-0.1, -0.05) is 32.4 Å². The van der Waals surface area contributed by atoms with Gasteiger partial charge < -0.3 is 5.73 Å². The molecule has 0 amide bonds. The number of rotatable bonds is 4. The minimum absolute atomic E-state index is 0.0808. The lowest BCUT2D eigenvalue weighted by molar-refractivity contribution is 0.227. The van der Waals surface area contributed by atoms with Gasteiger partial charge in [0, 0.05) is 12.6 Å². The summed E-state index contributed by atoms with van der Waals surface area (Å²) in [6.07, 6.45) is 0.889. The Morgan fingerprint density at radius 2 is 2.06 bits per heavy atom. The zero-order chi connectivity index (χ0) is 12.5. The maximum atomic E-state index is 6.24. The highest BCUT2D eigenvalue weighted by Gasteiger charge is 2.29. The Morgan fingerprint density at radius 1 is 1.50 bits per heavy atom. The van der Waals surface area contributed by atoms with Crippen molar-refractivity contribution in [3.05, 3.63) is 16.4 Å². The summed E-state index contributed by atoms with van der Waals surface area (Å²) >= 11 is 6.24. The van der Waals surface area contributed by atoms with Crippen LogP contribution in [0.4, 0.5) is 0 Å². The van der Waals surface area contributed by atoms with Crippen LogP contribution in [0.25, 0.3) is 0 Å². The molecule has 16 heavy (non-hydrogen) atoms. The second kappa shape index (κ2) is 4.76. The van der Waals surface area contributed by atoms with Gasteiger partial charge in [-0.15, -0.1) is 0 Å². The highest BCUT2D eigenvalue weighted by atomic mass is 35.5. The Balaban J connectivity index is 3.03. The third kappa shape index (κ3) is 2.41. The summed E-state index contributed by atoms with van der Waals surface area (Å²) in [5.41, 5.74) is 8.11. The molecule has 4 heteroatoms. The van der Waals surface area contributed by atoms with E-state index in [4.69, 9.17) is 17.3 Å². The first-order chi connectivity index (χ1) is 7.31. The topological polar surface area (TPSA) is 43.8 Å². The Bertz CT molecular complexity index is 371. The molecule has 1 heterocycles. The quantitative estimate of drug-likeness (QED) is 0.883. The van der Waals surface area contributed by atoms with Crippen LogP contribution in [0.2, 0.25) is 5.15 Å². The minimum atomic E-state index is 0.0808. The zero-order valence-corrected chi connectivity index (χ0v) is 11.6. The molecule has 0 bridgehead atoms. The van der Waals surface area contributed by atoms with Gasteiger partial charge in [0.2, 0.25) is 0 Å². The van der Waals surface area contributed by atoms with Gasteiger partial charge in [-0.05, 0) is 31.2 Å². The van der Waals surface area contributed by atoms with Crippen molar-refractivity contribution >= 4 is 11.6 Å². The summed E-state index contributed by atoms with van der Waals surface area (Å²) in [5.74, 6) is 0.521. The number of aromatic nitrogens is 2. The van der Waals surface area contributed by atoms with Crippen LogP contribution in [0.5, 0.6) is 0 Å². The van der Waals surface area contributed by atoms with E-state index in [9.17, 15) is 0 Å². The number of hydrogen-bond donors (Lipinski definition) is 1. The molecule has 0 saturated carbocycles. The van der Waals surface area contributed by atoms with Gasteiger partial charge in [0.15, 0.2) is 0 Å². The molecule has 0 spiro atoms. The maximum absolute atomic E-state index is 6.24. The van der Waals surface area contributed by atoms with E-state index in [-0.39, 0.29) is 5.41 Å². The molecule has 0 saturated heterocycles. The first kappa shape index (κ1) is 13.5. The monoisotopic (exact) mass is 243 g/mol. The second-order valence-corrected chi connectivity index (χ2v) is 5.53. The molecule has 0 aromatic carbocycles.